The minimum Gasteiger partial charge on any atom is -0.353 e. The van der Waals surface area contributed by atoms with E-state index in [-0.39, 0.29) is 0 Å². The molecule has 2 aliphatic carbocycles. The molecule has 0 radical (unpaired) electrons. The van der Waals surface area contributed by atoms with Crippen LogP contribution in [0.25, 0.3) is 0 Å². The summed E-state index contributed by atoms with van der Waals surface area (Å²) < 4.78 is 0. The van der Waals surface area contributed by atoms with Gasteiger partial charge in [0.05, 0.1) is 6.04 Å². The molecule has 0 bridgehead atoms. The van der Waals surface area contributed by atoms with Gasteiger partial charge in [-0.05, 0) is 44.7 Å². The third-order valence-electron chi connectivity index (χ3n) is 5.56. The molecule has 132 valence electrons. The van der Waals surface area contributed by atoms with Gasteiger partial charge in [-0.2, -0.15) is 0 Å². The molecule has 3 nitrogen and oxygen atoms in total. The molecule has 0 aliphatic heterocycles. The van der Waals surface area contributed by atoms with Crippen LogP contribution in [-0.2, 0) is 0 Å². The highest BCUT2D eigenvalue weighted by Crippen LogP contribution is 2.23. The van der Waals surface area contributed by atoms with Gasteiger partial charge in [0.15, 0.2) is 5.96 Å². The normalized spacial score (nSPS) is 20.8. The fourth-order valence-corrected chi connectivity index (χ4v) is 3.92. The Bertz CT molecular complexity index is 523. The molecule has 0 unspecified atom stereocenters. The third kappa shape index (κ3) is 4.75. The molecule has 1 aromatic rings. The van der Waals surface area contributed by atoms with E-state index in [1.54, 1.807) is 0 Å². The summed E-state index contributed by atoms with van der Waals surface area (Å²) in [7, 11) is 2.15. The van der Waals surface area contributed by atoms with Gasteiger partial charge in [0, 0.05) is 18.8 Å². The van der Waals surface area contributed by atoms with Gasteiger partial charge in [-0.15, -0.1) is 0 Å². The largest absolute Gasteiger partial charge is 0.353 e. The van der Waals surface area contributed by atoms with E-state index in [9.17, 15) is 0 Å². The van der Waals surface area contributed by atoms with Crippen molar-refractivity contribution < 1.29 is 0 Å². The van der Waals surface area contributed by atoms with E-state index in [4.69, 9.17) is 4.99 Å². The topological polar surface area (TPSA) is 27.6 Å². The number of benzene rings is 1. The molecule has 0 spiro atoms. The lowest BCUT2D eigenvalue weighted by Gasteiger charge is -2.31. The lowest BCUT2D eigenvalue weighted by molar-refractivity contribution is 0.407. The lowest BCUT2D eigenvalue weighted by atomic mass is 9.95. The van der Waals surface area contributed by atoms with Crippen molar-refractivity contribution in [2.24, 2.45) is 4.99 Å². The van der Waals surface area contributed by atoms with Crippen molar-refractivity contribution in [3.05, 3.63) is 29.8 Å². The smallest absolute Gasteiger partial charge is 0.198 e. The summed E-state index contributed by atoms with van der Waals surface area (Å²) in [5.41, 5.74) is 2.52. The predicted molar refractivity (Wildman–Crippen MR) is 104 cm³/mol. The first-order valence-corrected chi connectivity index (χ1v) is 9.87. The average Bonchev–Trinajstić information content (AvgIpc) is 2.63. The second-order valence-electron chi connectivity index (χ2n) is 7.62. The Hall–Kier alpha value is -1.51. The van der Waals surface area contributed by atoms with Gasteiger partial charge < -0.3 is 10.2 Å². The van der Waals surface area contributed by atoms with E-state index in [0.717, 1.165) is 5.96 Å². The van der Waals surface area contributed by atoms with Crippen LogP contribution in [0.15, 0.2) is 29.3 Å². The second-order valence-corrected chi connectivity index (χ2v) is 7.62. The number of guanidine groups is 1. The minimum absolute atomic E-state index is 0.498. The fraction of sp³-hybridized carbons (Fsp3) is 0.667. The van der Waals surface area contributed by atoms with E-state index >= 15 is 0 Å². The Morgan fingerprint density at radius 1 is 0.917 bits per heavy atom. The quantitative estimate of drug-likeness (QED) is 0.622. The highest BCUT2D eigenvalue weighted by atomic mass is 15.3. The molecule has 1 N–H and O–H groups in total. The Morgan fingerprint density at radius 3 is 2.12 bits per heavy atom. The van der Waals surface area contributed by atoms with Crippen molar-refractivity contribution in [1.82, 2.24) is 5.32 Å². The summed E-state index contributed by atoms with van der Waals surface area (Å²) in [6.45, 7) is 2.14. The highest BCUT2D eigenvalue weighted by molar-refractivity contribution is 5.95. The Morgan fingerprint density at radius 2 is 1.50 bits per heavy atom. The molecule has 2 fully saturated rings. The molecule has 24 heavy (non-hydrogen) atoms. The van der Waals surface area contributed by atoms with Crippen LogP contribution in [0.4, 0.5) is 5.69 Å². The van der Waals surface area contributed by atoms with Crippen LogP contribution >= 0.6 is 0 Å². The molecule has 0 amide bonds. The Balaban J connectivity index is 1.76. The molecular formula is C21H33N3. The van der Waals surface area contributed by atoms with Gasteiger partial charge in [-0.1, -0.05) is 56.2 Å². The van der Waals surface area contributed by atoms with Gasteiger partial charge in [0.1, 0.15) is 0 Å². The van der Waals surface area contributed by atoms with E-state index in [1.165, 1.54) is 75.5 Å². The zero-order chi connectivity index (χ0) is 16.8. The number of nitrogens with zero attached hydrogens (tertiary/aromatic N) is 2. The first-order valence-electron chi connectivity index (χ1n) is 9.87. The van der Waals surface area contributed by atoms with Crippen molar-refractivity contribution in [2.45, 2.75) is 83.2 Å². The fourth-order valence-electron chi connectivity index (χ4n) is 3.92. The van der Waals surface area contributed by atoms with Crippen LogP contribution in [0.1, 0.15) is 69.8 Å². The van der Waals surface area contributed by atoms with Crippen LogP contribution in [0.2, 0.25) is 0 Å². The van der Waals surface area contributed by atoms with Crippen molar-refractivity contribution >= 4 is 11.6 Å². The lowest BCUT2D eigenvalue weighted by Crippen LogP contribution is -2.46. The predicted octanol–water partition coefficient (Wildman–Crippen LogP) is 5.04. The van der Waals surface area contributed by atoms with Crippen molar-refractivity contribution in [1.29, 1.82) is 0 Å². The number of nitrogens with one attached hydrogen (secondary N) is 1. The van der Waals surface area contributed by atoms with Crippen LogP contribution in [0.3, 0.4) is 0 Å². The summed E-state index contributed by atoms with van der Waals surface area (Å²) in [5, 5.41) is 3.79. The summed E-state index contributed by atoms with van der Waals surface area (Å²) in [4.78, 5) is 7.41. The summed E-state index contributed by atoms with van der Waals surface area (Å²) in [6.07, 6.45) is 13.2. The van der Waals surface area contributed by atoms with Gasteiger partial charge in [-0.25, -0.2) is 4.99 Å². The monoisotopic (exact) mass is 327 g/mol. The van der Waals surface area contributed by atoms with E-state index < -0.39 is 0 Å². The summed E-state index contributed by atoms with van der Waals surface area (Å²) in [6, 6.07) is 9.87. The molecule has 1 aromatic carbocycles. The molecule has 2 saturated carbocycles. The van der Waals surface area contributed by atoms with Crippen LogP contribution in [-0.4, -0.2) is 25.1 Å². The molecule has 0 atom stereocenters. The summed E-state index contributed by atoms with van der Waals surface area (Å²) >= 11 is 0. The average molecular weight is 328 g/mol. The maximum absolute atomic E-state index is 5.16. The molecule has 0 aromatic heterocycles. The first kappa shape index (κ1) is 17.3. The van der Waals surface area contributed by atoms with Gasteiger partial charge in [0.2, 0.25) is 0 Å². The number of rotatable bonds is 3. The molecule has 3 rings (SSSR count). The standard InChI is InChI=1S/C21H33N3/c1-17-13-15-20(16-14-17)24(2)21(22-18-9-5-3-6-10-18)23-19-11-7-4-8-12-19/h13-16,18-19H,3-12H2,1-2H3,(H,22,23). The van der Waals surface area contributed by atoms with Crippen LogP contribution in [0, 0.1) is 6.92 Å². The van der Waals surface area contributed by atoms with Gasteiger partial charge in [-0.3, -0.25) is 0 Å². The second kappa shape index (κ2) is 8.55. The number of aliphatic imine (C=N–C) groups is 1. The zero-order valence-electron chi connectivity index (χ0n) is 15.4. The molecular weight excluding hydrogens is 294 g/mol. The SMILES string of the molecule is Cc1ccc(N(C)C(=NC2CCCCC2)NC2CCCCC2)cc1. The Kier molecular flexibility index (Phi) is 6.17. The third-order valence-corrected chi connectivity index (χ3v) is 5.56. The molecule has 0 heterocycles. The summed E-state index contributed by atoms with van der Waals surface area (Å²) in [5.74, 6) is 1.08. The number of hydrogen-bond acceptors (Lipinski definition) is 1. The zero-order valence-corrected chi connectivity index (χ0v) is 15.4. The van der Waals surface area contributed by atoms with Crippen LogP contribution in [0.5, 0.6) is 0 Å². The number of anilines is 1. The molecule has 2 aliphatic rings. The van der Waals surface area contributed by atoms with Crippen molar-refractivity contribution in [3.8, 4) is 0 Å². The van der Waals surface area contributed by atoms with Gasteiger partial charge in [0.25, 0.3) is 0 Å². The maximum atomic E-state index is 5.16. The molecule has 0 saturated heterocycles. The van der Waals surface area contributed by atoms with E-state index in [0.29, 0.717) is 12.1 Å². The van der Waals surface area contributed by atoms with Crippen molar-refractivity contribution in [2.75, 3.05) is 11.9 Å². The maximum Gasteiger partial charge on any atom is 0.198 e. The first-order chi connectivity index (χ1) is 11.7. The highest BCUT2D eigenvalue weighted by Gasteiger charge is 2.20. The van der Waals surface area contributed by atoms with E-state index in [1.807, 2.05) is 0 Å². The Labute approximate surface area is 147 Å². The van der Waals surface area contributed by atoms with E-state index in [2.05, 4.69) is 48.5 Å². The molecule has 3 heteroatoms. The number of aryl methyl sites for hydroxylation is 1. The van der Waals surface area contributed by atoms with Gasteiger partial charge >= 0.3 is 0 Å². The minimum atomic E-state index is 0.498. The number of hydrogen-bond donors (Lipinski definition) is 1. The van der Waals surface area contributed by atoms with Crippen LogP contribution < -0.4 is 10.2 Å². The van der Waals surface area contributed by atoms with Crippen molar-refractivity contribution in [3.63, 3.8) is 0 Å².